The van der Waals surface area contributed by atoms with Crippen LogP contribution in [0, 0.1) is 12.7 Å². The number of aryl methyl sites for hydroxylation is 2. The van der Waals surface area contributed by atoms with Gasteiger partial charge in [-0.2, -0.15) is 0 Å². The Balaban J connectivity index is 1.63. The Labute approximate surface area is 140 Å². The van der Waals surface area contributed by atoms with Crippen LogP contribution in [0.3, 0.4) is 0 Å². The van der Waals surface area contributed by atoms with E-state index < -0.39 is 0 Å². The lowest BCUT2D eigenvalue weighted by Gasteiger charge is -2.06. The molecule has 0 unspecified atom stereocenters. The summed E-state index contributed by atoms with van der Waals surface area (Å²) in [6.45, 7) is 5.33. The number of unbranched alkanes of at least 4 members (excludes halogenated alkanes) is 1. The second kappa shape index (κ2) is 8.67. The van der Waals surface area contributed by atoms with Crippen LogP contribution in [-0.4, -0.2) is 19.1 Å². The van der Waals surface area contributed by atoms with Crippen molar-refractivity contribution in [3.05, 3.63) is 51.5 Å². The molecule has 2 aromatic rings. The van der Waals surface area contributed by atoms with Gasteiger partial charge in [-0.15, -0.1) is 11.3 Å². The van der Waals surface area contributed by atoms with Crippen LogP contribution in [0.25, 0.3) is 0 Å². The van der Waals surface area contributed by atoms with Gasteiger partial charge in [0.25, 0.3) is 5.91 Å². The largest absolute Gasteiger partial charge is 0.494 e. The van der Waals surface area contributed by atoms with E-state index in [1.54, 1.807) is 23.5 Å². The van der Waals surface area contributed by atoms with Gasteiger partial charge in [-0.1, -0.05) is 6.92 Å². The molecule has 0 bridgehead atoms. The smallest absolute Gasteiger partial charge is 0.261 e. The van der Waals surface area contributed by atoms with Gasteiger partial charge in [0.15, 0.2) is 0 Å². The van der Waals surface area contributed by atoms with Crippen molar-refractivity contribution < 1.29 is 13.9 Å². The SMILES string of the molecule is CCc1cc(C(=O)NCCCCOc2ccc(F)cc2)sc1C. The Kier molecular flexibility index (Phi) is 6.59. The van der Waals surface area contributed by atoms with Crippen molar-refractivity contribution >= 4 is 17.2 Å². The number of carbonyl (C=O) groups excluding carboxylic acids is 1. The monoisotopic (exact) mass is 335 g/mol. The minimum Gasteiger partial charge on any atom is -0.494 e. The lowest BCUT2D eigenvalue weighted by atomic mass is 10.2. The highest BCUT2D eigenvalue weighted by molar-refractivity contribution is 7.14. The molecule has 0 radical (unpaired) electrons. The first-order chi connectivity index (χ1) is 11.1. The van der Waals surface area contributed by atoms with Crippen molar-refractivity contribution in [2.75, 3.05) is 13.2 Å². The molecule has 1 amide bonds. The standard InChI is InChI=1S/C18H22FNO2S/c1-3-14-12-17(23-13(14)2)18(21)20-10-4-5-11-22-16-8-6-15(19)7-9-16/h6-9,12H,3-5,10-11H2,1-2H3,(H,20,21). The van der Waals surface area contributed by atoms with Crippen molar-refractivity contribution in [1.82, 2.24) is 5.32 Å². The Morgan fingerprint density at radius 3 is 2.65 bits per heavy atom. The predicted molar refractivity (Wildman–Crippen MR) is 91.9 cm³/mol. The number of amides is 1. The first-order valence-corrected chi connectivity index (χ1v) is 8.67. The summed E-state index contributed by atoms with van der Waals surface area (Å²) < 4.78 is 18.3. The first-order valence-electron chi connectivity index (χ1n) is 7.86. The van der Waals surface area contributed by atoms with Gasteiger partial charge < -0.3 is 10.1 Å². The zero-order valence-corrected chi connectivity index (χ0v) is 14.3. The summed E-state index contributed by atoms with van der Waals surface area (Å²) in [5, 5.41) is 2.94. The molecule has 1 aromatic carbocycles. The van der Waals surface area contributed by atoms with E-state index in [2.05, 4.69) is 12.2 Å². The fourth-order valence-electron chi connectivity index (χ4n) is 2.22. The second-order valence-corrected chi connectivity index (χ2v) is 6.57. The number of hydrogen-bond donors (Lipinski definition) is 1. The van der Waals surface area contributed by atoms with Crippen molar-refractivity contribution in [2.45, 2.75) is 33.1 Å². The zero-order chi connectivity index (χ0) is 16.7. The first kappa shape index (κ1) is 17.5. The van der Waals surface area contributed by atoms with Gasteiger partial charge in [0, 0.05) is 11.4 Å². The Bertz CT molecular complexity index is 637. The quantitative estimate of drug-likeness (QED) is 0.729. The summed E-state index contributed by atoms with van der Waals surface area (Å²) in [5.74, 6) is 0.393. The number of nitrogens with one attached hydrogen (secondary N) is 1. The Hall–Kier alpha value is -1.88. The van der Waals surface area contributed by atoms with E-state index in [9.17, 15) is 9.18 Å². The van der Waals surface area contributed by atoms with Gasteiger partial charge in [0.1, 0.15) is 11.6 Å². The lowest BCUT2D eigenvalue weighted by molar-refractivity contribution is 0.0956. The van der Waals surface area contributed by atoms with Gasteiger partial charge in [0.05, 0.1) is 11.5 Å². The van der Waals surface area contributed by atoms with Gasteiger partial charge in [-0.05, 0) is 62.1 Å². The Morgan fingerprint density at radius 1 is 1.26 bits per heavy atom. The number of benzene rings is 1. The fourth-order valence-corrected chi connectivity index (χ4v) is 3.25. The molecule has 2 rings (SSSR count). The molecule has 0 saturated carbocycles. The average molecular weight is 335 g/mol. The summed E-state index contributed by atoms with van der Waals surface area (Å²) in [4.78, 5) is 14.0. The number of ether oxygens (including phenoxy) is 1. The van der Waals surface area contributed by atoms with Crippen molar-refractivity contribution in [1.29, 1.82) is 0 Å². The van der Waals surface area contributed by atoms with Gasteiger partial charge >= 0.3 is 0 Å². The number of rotatable bonds is 8. The Morgan fingerprint density at radius 2 is 2.00 bits per heavy atom. The van der Waals surface area contributed by atoms with Gasteiger partial charge in [-0.3, -0.25) is 4.79 Å². The fraction of sp³-hybridized carbons (Fsp3) is 0.389. The zero-order valence-electron chi connectivity index (χ0n) is 13.5. The summed E-state index contributed by atoms with van der Waals surface area (Å²) in [5.41, 5.74) is 1.24. The minimum atomic E-state index is -0.268. The van der Waals surface area contributed by atoms with Crippen molar-refractivity contribution in [3.63, 3.8) is 0 Å². The average Bonchev–Trinajstić information content (AvgIpc) is 2.93. The highest BCUT2D eigenvalue weighted by Gasteiger charge is 2.10. The van der Waals surface area contributed by atoms with E-state index in [0.717, 1.165) is 24.1 Å². The number of hydrogen-bond acceptors (Lipinski definition) is 3. The maximum absolute atomic E-state index is 12.7. The van der Waals surface area contributed by atoms with Crippen LogP contribution in [0.2, 0.25) is 0 Å². The summed E-state index contributed by atoms with van der Waals surface area (Å²) in [6.07, 6.45) is 2.63. The van der Waals surface area contributed by atoms with E-state index in [-0.39, 0.29) is 11.7 Å². The number of thiophene rings is 1. The molecule has 0 aliphatic heterocycles. The molecule has 0 aliphatic rings. The number of halogens is 1. The molecular formula is C18H22FNO2S. The van der Waals surface area contributed by atoms with Crippen LogP contribution in [0.15, 0.2) is 30.3 Å². The summed E-state index contributed by atoms with van der Waals surface area (Å²) in [7, 11) is 0. The maximum atomic E-state index is 12.7. The highest BCUT2D eigenvalue weighted by Crippen LogP contribution is 2.21. The molecule has 0 aliphatic carbocycles. The highest BCUT2D eigenvalue weighted by atomic mass is 32.1. The summed E-state index contributed by atoms with van der Waals surface area (Å²) >= 11 is 1.55. The van der Waals surface area contributed by atoms with E-state index >= 15 is 0 Å². The molecule has 0 saturated heterocycles. The van der Waals surface area contributed by atoms with Crippen LogP contribution in [-0.2, 0) is 6.42 Å². The molecule has 3 nitrogen and oxygen atoms in total. The number of carbonyl (C=O) groups is 1. The third kappa shape index (κ3) is 5.36. The molecule has 0 fully saturated rings. The third-order valence-electron chi connectivity index (χ3n) is 3.56. The summed E-state index contributed by atoms with van der Waals surface area (Å²) in [6, 6.07) is 7.96. The molecule has 23 heavy (non-hydrogen) atoms. The lowest BCUT2D eigenvalue weighted by Crippen LogP contribution is -2.23. The van der Waals surface area contributed by atoms with E-state index in [0.29, 0.717) is 18.9 Å². The van der Waals surface area contributed by atoms with E-state index in [4.69, 9.17) is 4.74 Å². The van der Waals surface area contributed by atoms with Crippen LogP contribution in [0.4, 0.5) is 4.39 Å². The molecule has 0 spiro atoms. The maximum Gasteiger partial charge on any atom is 0.261 e. The molecule has 1 aromatic heterocycles. The molecule has 0 atom stereocenters. The van der Waals surface area contributed by atoms with Gasteiger partial charge in [-0.25, -0.2) is 4.39 Å². The van der Waals surface area contributed by atoms with Crippen LogP contribution in [0.5, 0.6) is 5.75 Å². The van der Waals surface area contributed by atoms with Gasteiger partial charge in [0.2, 0.25) is 0 Å². The molecule has 1 heterocycles. The molecular weight excluding hydrogens is 313 g/mol. The van der Waals surface area contributed by atoms with E-state index in [1.165, 1.54) is 22.6 Å². The van der Waals surface area contributed by atoms with E-state index in [1.807, 2.05) is 13.0 Å². The molecule has 124 valence electrons. The predicted octanol–water partition coefficient (Wildman–Crippen LogP) is 4.35. The molecule has 1 N–H and O–H groups in total. The molecule has 5 heteroatoms. The topological polar surface area (TPSA) is 38.3 Å². The second-order valence-electron chi connectivity index (χ2n) is 5.31. The van der Waals surface area contributed by atoms with Crippen LogP contribution in [0.1, 0.15) is 39.9 Å². The normalized spacial score (nSPS) is 10.6. The third-order valence-corrected chi connectivity index (χ3v) is 4.66. The minimum absolute atomic E-state index is 0.00254. The van der Waals surface area contributed by atoms with Crippen molar-refractivity contribution in [2.24, 2.45) is 0 Å². The van der Waals surface area contributed by atoms with Crippen LogP contribution >= 0.6 is 11.3 Å². The van der Waals surface area contributed by atoms with Crippen molar-refractivity contribution in [3.8, 4) is 5.75 Å². The van der Waals surface area contributed by atoms with Crippen LogP contribution < -0.4 is 10.1 Å².